The topological polar surface area (TPSA) is 84.6 Å². The van der Waals surface area contributed by atoms with E-state index in [1.54, 1.807) is 0 Å². The fourth-order valence-electron chi connectivity index (χ4n) is 3.88. The first-order valence-electron chi connectivity index (χ1n) is 10.3. The molecule has 2 N–H and O–H groups in total. The molecule has 4 rings (SSSR count). The molecule has 0 amide bonds. The summed E-state index contributed by atoms with van der Waals surface area (Å²) in [5.41, 5.74) is 3.03. The van der Waals surface area contributed by atoms with E-state index in [0.29, 0.717) is 31.3 Å². The number of aromatic nitrogens is 1. The summed E-state index contributed by atoms with van der Waals surface area (Å²) in [6.45, 7) is 3.17. The van der Waals surface area contributed by atoms with Crippen molar-refractivity contribution in [2.24, 2.45) is 5.92 Å². The van der Waals surface area contributed by atoms with E-state index >= 15 is 0 Å². The highest BCUT2D eigenvalue weighted by Crippen LogP contribution is 2.24. The summed E-state index contributed by atoms with van der Waals surface area (Å²) in [5, 5.41) is 12.2. The van der Waals surface area contributed by atoms with Crippen molar-refractivity contribution in [2.75, 3.05) is 13.2 Å². The molecule has 2 heterocycles. The zero-order valence-corrected chi connectivity index (χ0v) is 17.0. The summed E-state index contributed by atoms with van der Waals surface area (Å²) in [4.78, 5) is 15.7. The third-order valence-electron chi connectivity index (χ3n) is 5.46. The molecule has 3 aromatic rings. The molecule has 6 nitrogen and oxygen atoms in total. The molecule has 0 bridgehead atoms. The van der Waals surface area contributed by atoms with Gasteiger partial charge >= 0.3 is 5.97 Å². The maximum absolute atomic E-state index is 11.1. The highest BCUT2D eigenvalue weighted by molar-refractivity contribution is 5.73. The van der Waals surface area contributed by atoms with Crippen molar-refractivity contribution in [1.29, 1.82) is 0 Å². The van der Waals surface area contributed by atoms with E-state index in [2.05, 4.69) is 16.4 Å². The zero-order chi connectivity index (χ0) is 20.9. The molecule has 0 unspecified atom stereocenters. The Morgan fingerprint density at radius 3 is 2.83 bits per heavy atom. The average molecular weight is 406 g/mol. The normalized spacial score (nSPS) is 18.4. The van der Waals surface area contributed by atoms with E-state index in [9.17, 15) is 4.79 Å². The number of hydrogen-bond donors (Lipinski definition) is 2. The van der Waals surface area contributed by atoms with Crippen LogP contribution in [0.2, 0.25) is 0 Å². The third kappa shape index (κ3) is 4.89. The van der Waals surface area contributed by atoms with Gasteiger partial charge in [-0.2, -0.15) is 0 Å². The highest BCUT2D eigenvalue weighted by atomic mass is 16.5. The summed E-state index contributed by atoms with van der Waals surface area (Å²) in [6.07, 6.45) is 2.17. The van der Waals surface area contributed by atoms with Crippen molar-refractivity contribution in [3.05, 3.63) is 71.6 Å². The summed E-state index contributed by atoms with van der Waals surface area (Å²) in [5.74, 6) is 1.82. The molecule has 1 aliphatic rings. The van der Waals surface area contributed by atoms with Crippen LogP contribution in [-0.4, -0.2) is 35.3 Å². The number of carbonyl (C=O) groups is 1. The average Bonchev–Trinajstić information content (AvgIpc) is 3.36. The van der Waals surface area contributed by atoms with Gasteiger partial charge in [-0.15, -0.1) is 0 Å². The molecule has 2 aromatic carbocycles. The Morgan fingerprint density at radius 1 is 1.23 bits per heavy atom. The number of carboxylic acid groups (broad SMARTS) is 1. The second-order valence-electron chi connectivity index (χ2n) is 7.74. The van der Waals surface area contributed by atoms with Crippen molar-refractivity contribution in [3.8, 4) is 17.2 Å². The van der Waals surface area contributed by atoms with Gasteiger partial charge in [0.1, 0.15) is 17.6 Å². The van der Waals surface area contributed by atoms with Crippen LogP contribution in [0.3, 0.4) is 0 Å². The van der Waals surface area contributed by atoms with Crippen LogP contribution >= 0.6 is 0 Å². The number of carboxylic acids is 1. The van der Waals surface area contributed by atoms with Crippen LogP contribution in [-0.2, 0) is 17.6 Å². The number of oxazole rings is 1. The molecule has 0 radical (unpaired) electrons. The molecule has 1 aromatic heterocycles. The first kappa shape index (κ1) is 20.2. The smallest absolute Gasteiger partial charge is 0.320 e. The van der Waals surface area contributed by atoms with Crippen molar-refractivity contribution in [3.63, 3.8) is 0 Å². The van der Waals surface area contributed by atoms with Crippen molar-refractivity contribution < 1.29 is 19.1 Å². The third-order valence-corrected chi connectivity index (χ3v) is 5.46. The predicted molar refractivity (Wildman–Crippen MR) is 114 cm³/mol. The largest absolute Gasteiger partial charge is 0.493 e. The Morgan fingerprint density at radius 2 is 2.07 bits per heavy atom. The maximum Gasteiger partial charge on any atom is 0.320 e. The van der Waals surface area contributed by atoms with E-state index in [-0.39, 0.29) is 0 Å². The number of aryl methyl sites for hydroxylation is 1. The second-order valence-corrected chi connectivity index (χ2v) is 7.74. The van der Waals surface area contributed by atoms with Gasteiger partial charge in [0.2, 0.25) is 5.89 Å². The molecule has 1 fully saturated rings. The lowest BCUT2D eigenvalue weighted by atomic mass is 9.96. The lowest BCUT2D eigenvalue weighted by Gasteiger charge is -2.11. The SMILES string of the molecule is Cc1oc(-c2ccccc2)nc1CCOc1cccc(C[C@@H]2CN[C@H](C(=O)O)C2)c1. The van der Waals surface area contributed by atoms with E-state index < -0.39 is 12.0 Å². The Kier molecular flexibility index (Phi) is 6.14. The molecular formula is C24H26N2O4. The van der Waals surface area contributed by atoms with Crippen LogP contribution in [0.25, 0.3) is 11.5 Å². The summed E-state index contributed by atoms with van der Waals surface area (Å²) < 4.78 is 11.8. The van der Waals surface area contributed by atoms with E-state index in [4.69, 9.17) is 14.3 Å². The lowest BCUT2D eigenvalue weighted by molar-refractivity contribution is -0.139. The zero-order valence-electron chi connectivity index (χ0n) is 17.0. The van der Waals surface area contributed by atoms with Crippen molar-refractivity contribution >= 4 is 5.97 Å². The number of nitrogens with one attached hydrogen (secondary N) is 1. The molecule has 6 heteroatoms. The van der Waals surface area contributed by atoms with Gasteiger partial charge in [-0.05, 0) is 62.1 Å². The van der Waals surface area contributed by atoms with Gasteiger partial charge in [0.15, 0.2) is 0 Å². The number of rotatable bonds is 8. The highest BCUT2D eigenvalue weighted by Gasteiger charge is 2.29. The summed E-state index contributed by atoms with van der Waals surface area (Å²) >= 11 is 0. The molecule has 2 atom stereocenters. The van der Waals surface area contributed by atoms with Crippen LogP contribution in [0.1, 0.15) is 23.4 Å². The number of nitrogens with zero attached hydrogens (tertiary/aromatic N) is 1. The molecule has 156 valence electrons. The quantitative estimate of drug-likeness (QED) is 0.591. The van der Waals surface area contributed by atoms with E-state index in [1.165, 1.54) is 0 Å². The number of benzene rings is 2. The minimum absolute atomic E-state index is 0.329. The van der Waals surface area contributed by atoms with Gasteiger partial charge in [0.25, 0.3) is 0 Å². The van der Waals surface area contributed by atoms with Crippen LogP contribution in [0, 0.1) is 12.8 Å². The standard InChI is InChI=1S/C24H26N2O4/c1-16-21(26-23(30-16)19-7-3-2-4-8-19)10-11-29-20-9-5-6-17(13-20)12-18-14-22(24(27)28)25-15-18/h2-9,13,18,22,25H,10-12,14-15H2,1H3,(H,27,28)/t18-,22-/m0/s1. The molecule has 0 aliphatic carbocycles. The van der Waals surface area contributed by atoms with Gasteiger partial charge in [0.05, 0.1) is 12.3 Å². The number of ether oxygens (including phenoxy) is 1. The van der Waals surface area contributed by atoms with E-state index in [0.717, 1.165) is 41.3 Å². The first-order chi connectivity index (χ1) is 14.6. The number of hydrogen-bond acceptors (Lipinski definition) is 5. The van der Waals surface area contributed by atoms with Gasteiger partial charge in [-0.1, -0.05) is 30.3 Å². The van der Waals surface area contributed by atoms with Crippen molar-refractivity contribution in [2.45, 2.75) is 32.2 Å². The molecule has 0 spiro atoms. The van der Waals surface area contributed by atoms with Gasteiger partial charge < -0.3 is 19.6 Å². The van der Waals surface area contributed by atoms with E-state index in [1.807, 2.05) is 55.5 Å². The second kappa shape index (κ2) is 9.13. The monoisotopic (exact) mass is 406 g/mol. The summed E-state index contributed by atoms with van der Waals surface area (Å²) in [6, 6.07) is 17.5. The fourth-order valence-corrected chi connectivity index (χ4v) is 3.88. The Labute approximate surface area is 175 Å². The fraction of sp³-hybridized carbons (Fsp3) is 0.333. The predicted octanol–water partition coefficient (Wildman–Crippen LogP) is 3.88. The van der Waals surface area contributed by atoms with Crippen LogP contribution in [0.5, 0.6) is 5.75 Å². The van der Waals surface area contributed by atoms with Gasteiger partial charge in [0, 0.05) is 12.0 Å². The minimum atomic E-state index is -0.770. The molecule has 0 saturated carbocycles. The van der Waals surface area contributed by atoms with Gasteiger partial charge in [-0.3, -0.25) is 4.79 Å². The molecular weight excluding hydrogens is 380 g/mol. The minimum Gasteiger partial charge on any atom is -0.493 e. The van der Waals surface area contributed by atoms with Gasteiger partial charge in [-0.25, -0.2) is 4.98 Å². The first-order valence-corrected chi connectivity index (χ1v) is 10.3. The molecule has 1 aliphatic heterocycles. The maximum atomic E-state index is 11.1. The van der Waals surface area contributed by atoms with Crippen LogP contribution in [0.4, 0.5) is 0 Å². The van der Waals surface area contributed by atoms with Crippen LogP contribution < -0.4 is 10.1 Å². The Bertz CT molecular complexity index is 999. The lowest BCUT2D eigenvalue weighted by Crippen LogP contribution is -2.29. The number of aliphatic carboxylic acids is 1. The molecule has 1 saturated heterocycles. The Hall–Kier alpha value is -3.12. The van der Waals surface area contributed by atoms with Crippen molar-refractivity contribution in [1.82, 2.24) is 10.3 Å². The summed E-state index contributed by atoms with van der Waals surface area (Å²) in [7, 11) is 0. The molecule has 30 heavy (non-hydrogen) atoms. The van der Waals surface area contributed by atoms with Crippen LogP contribution in [0.15, 0.2) is 59.0 Å². The Balaban J connectivity index is 1.31.